The topological polar surface area (TPSA) is 55.4 Å². The van der Waals surface area contributed by atoms with E-state index in [1.54, 1.807) is 6.07 Å². The van der Waals surface area contributed by atoms with Crippen molar-refractivity contribution in [2.24, 2.45) is 5.92 Å². The largest absolute Gasteiger partial charge is 0.454 e. The zero-order valence-electron chi connectivity index (χ0n) is 18.9. The molecule has 3 fully saturated rings. The summed E-state index contributed by atoms with van der Waals surface area (Å²) in [5.41, 5.74) is 1.73. The van der Waals surface area contributed by atoms with Crippen molar-refractivity contribution in [1.82, 2.24) is 0 Å². The Hall–Kier alpha value is -2.67. The molecule has 3 aromatic rings. The van der Waals surface area contributed by atoms with E-state index >= 15 is 0 Å². The fraction of sp³-hybridized carbons (Fsp3) is 0.333. The van der Waals surface area contributed by atoms with Gasteiger partial charge in [0.15, 0.2) is 12.1 Å². The van der Waals surface area contributed by atoms with Crippen molar-refractivity contribution >= 4 is 40.4 Å². The number of ketones is 1. The highest BCUT2D eigenvalue weighted by atomic mass is 35.5. The van der Waals surface area contributed by atoms with E-state index in [0.29, 0.717) is 33.4 Å². The summed E-state index contributed by atoms with van der Waals surface area (Å²) in [4.78, 5) is 27.1. The molecule has 0 saturated carbocycles. The first-order valence-electron chi connectivity index (χ1n) is 11.7. The minimum Gasteiger partial charge on any atom is -0.454 e. The second kappa shape index (κ2) is 9.90. The van der Waals surface area contributed by atoms with Crippen molar-refractivity contribution in [2.45, 2.75) is 25.0 Å². The van der Waals surface area contributed by atoms with Crippen LogP contribution in [0.5, 0.6) is 0 Å². The second-order valence-corrected chi connectivity index (χ2v) is 10.6. The number of Topliss-reactive ketones (excluding diaryl/α,β-unsaturated/α-hetero) is 1. The number of thiophene rings is 1. The molecule has 1 N–H and O–H groups in total. The first-order chi connectivity index (χ1) is 16.5. The standard InChI is InChI=1S/C27H28ClN2O3S/c28-22-13-16-34-26(22)23(31)17-30-14-11-19(12-15-30)24(18-30)33-27(32)25(20-7-3-1-4-8-20)29-21-9-5-2-6-10-21/h1-10,13,16,19,24-25,29H,11-12,14-15,17-18H2/q+1. The molecule has 3 aliphatic heterocycles. The lowest BCUT2D eigenvalue weighted by Crippen LogP contribution is -2.65. The molecule has 6 rings (SSSR count). The molecule has 0 radical (unpaired) electrons. The van der Waals surface area contributed by atoms with Gasteiger partial charge in [0, 0.05) is 24.4 Å². The van der Waals surface area contributed by atoms with E-state index in [2.05, 4.69) is 5.32 Å². The number of nitrogens with one attached hydrogen (secondary N) is 1. The predicted octanol–water partition coefficient (Wildman–Crippen LogP) is 5.59. The summed E-state index contributed by atoms with van der Waals surface area (Å²) in [6.07, 6.45) is 1.74. The first-order valence-corrected chi connectivity index (χ1v) is 13.0. The zero-order valence-corrected chi connectivity index (χ0v) is 20.4. The maximum atomic E-state index is 13.5. The van der Waals surface area contributed by atoms with Gasteiger partial charge in [0.25, 0.3) is 0 Å². The number of fused-ring (bicyclic) bond motifs is 3. The normalized spacial score (nSPS) is 24.4. The number of carbonyl (C=O) groups is 2. The van der Waals surface area contributed by atoms with E-state index in [9.17, 15) is 9.59 Å². The third-order valence-corrected chi connectivity index (χ3v) is 8.49. The number of hydrogen-bond acceptors (Lipinski definition) is 5. The van der Waals surface area contributed by atoms with Crippen LogP contribution in [-0.4, -0.2) is 48.5 Å². The SMILES string of the molecule is O=C(C[N+]12CCC(CC1)C(OC(=O)C(Nc1ccccc1)c1ccccc1)C2)c1sccc1Cl. The van der Waals surface area contributed by atoms with E-state index in [1.165, 1.54) is 11.3 Å². The fourth-order valence-corrected chi connectivity index (χ4v) is 6.38. The van der Waals surface area contributed by atoms with Crippen LogP contribution in [0.2, 0.25) is 5.02 Å². The summed E-state index contributed by atoms with van der Waals surface area (Å²) < 4.78 is 6.85. The lowest BCUT2D eigenvalue weighted by Gasteiger charge is -2.51. The summed E-state index contributed by atoms with van der Waals surface area (Å²) in [7, 11) is 0. The number of esters is 1. The molecule has 7 heteroatoms. The third kappa shape index (κ3) is 4.90. The van der Waals surface area contributed by atoms with Crippen molar-refractivity contribution in [3.63, 3.8) is 0 Å². The Morgan fingerprint density at radius 3 is 2.35 bits per heavy atom. The number of nitrogens with zero attached hydrogens (tertiary/aromatic N) is 1. The van der Waals surface area contributed by atoms with Gasteiger partial charge in [-0.1, -0.05) is 60.1 Å². The predicted molar refractivity (Wildman–Crippen MR) is 135 cm³/mol. The van der Waals surface area contributed by atoms with Gasteiger partial charge >= 0.3 is 5.97 Å². The number of benzene rings is 2. The Bertz CT molecular complexity index is 1140. The number of para-hydroxylation sites is 1. The molecule has 0 aliphatic carbocycles. The van der Waals surface area contributed by atoms with E-state index in [0.717, 1.165) is 37.2 Å². The number of halogens is 1. The highest BCUT2D eigenvalue weighted by Gasteiger charge is 2.49. The maximum Gasteiger partial charge on any atom is 0.333 e. The molecule has 2 atom stereocenters. The van der Waals surface area contributed by atoms with Gasteiger partial charge < -0.3 is 14.5 Å². The van der Waals surface area contributed by atoms with Crippen LogP contribution in [0, 0.1) is 5.92 Å². The minimum absolute atomic E-state index is 0.0818. The molecule has 3 saturated heterocycles. The quantitative estimate of drug-likeness (QED) is 0.251. The molecule has 2 unspecified atom stereocenters. The minimum atomic E-state index is -0.598. The van der Waals surface area contributed by atoms with E-state index in [-0.39, 0.29) is 17.9 Å². The lowest BCUT2D eigenvalue weighted by atomic mass is 9.83. The fourth-order valence-electron chi connectivity index (χ4n) is 5.29. The molecule has 0 amide bonds. The molecule has 1 aromatic heterocycles. The van der Waals surface area contributed by atoms with Crippen LogP contribution in [-0.2, 0) is 9.53 Å². The summed E-state index contributed by atoms with van der Waals surface area (Å²) >= 11 is 7.61. The van der Waals surface area contributed by atoms with Gasteiger partial charge in [-0.25, -0.2) is 4.79 Å². The van der Waals surface area contributed by atoms with Crippen molar-refractivity contribution in [3.05, 3.63) is 87.6 Å². The van der Waals surface area contributed by atoms with Gasteiger partial charge in [0.2, 0.25) is 5.78 Å². The molecular weight excluding hydrogens is 468 g/mol. The number of piperidine rings is 3. The Morgan fingerprint density at radius 2 is 1.71 bits per heavy atom. The Labute approximate surface area is 208 Å². The molecule has 2 bridgehead atoms. The number of quaternary nitrogens is 1. The van der Waals surface area contributed by atoms with E-state index in [4.69, 9.17) is 16.3 Å². The zero-order chi connectivity index (χ0) is 23.5. The van der Waals surface area contributed by atoms with Crippen LogP contribution in [0.3, 0.4) is 0 Å². The van der Waals surface area contributed by atoms with E-state index < -0.39 is 6.04 Å². The van der Waals surface area contributed by atoms with E-state index in [1.807, 2.05) is 66.0 Å². The Balaban J connectivity index is 1.31. The maximum absolute atomic E-state index is 13.5. The van der Waals surface area contributed by atoms with Crippen molar-refractivity contribution < 1.29 is 18.8 Å². The second-order valence-electron chi connectivity index (χ2n) is 9.32. The summed E-state index contributed by atoms with van der Waals surface area (Å²) in [6.45, 7) is 2.97. The van der Waals surface area contributed by atoms with Crippen LogP contribution in [0.4, 0.5) is 5.69 Å². The van der Waals surface area contributed by atoms with Crippen molar-refractivity contribution in [1.29, 1.82) is 0 Å². The van der Waals surface area contributed by atoms with Gasteiger partial charge in [0.1, 0.15) is 13.1 Å². The van der Waals surface area contributed by atoms with Crippen molar-refractivity contribution in [2.75, 3.05) is 31.5 Å². The number of anilines is 1. The monoisotopic (exact) mass is 495 g/mol. The van der Waals surface area contributed by atoms with Gasteiger partial charge in [-0.2, -0.15) is 0 Å². The summed E-state index contributed by atoms with van der Waals surface area (Å²) in [5, 5.41) is 5.73. The number of rotatable bonds is 8. The van der Waals surface area contributed by atoms with Crippen LogP contribution in [0.1, 0.15) is 34.1 Å². The van der Waals surface area contributed by atoms with Gasteiger partial charge in [0.05, 0.1) is 23.0 Å². The van der Waals surface area contributed by atoms with Crippen LogP contribution < -0.4 is 5.32 Å². The van der Waals surface area contributed by atoms with Gasteiger partial charge in [-0.15, -0.1) is 11.3 Å². The smallest absolute Gasteiger partial charge is 0.333 e. The highest BCUT2D eigenvalue weighted by Crippen LogP contribution is 2.37. The molecule has 4 heterocycles. The Kier molecular flexibility index (Phi) is 6.73. The lowest BCUT2D eigenvalue weighted by molar-refractivity contribution is -0.938. The van der Waals surface area contributed by atoms with Gasteiger partial charge in [-0.3, -0.25) is 4.79 Å². The molecule has 2 aromatic carbocycles. The Morgan fingerprint density at radius 1 is 1.03 bits per heavy atom. The summed E-state index contributed by atoms with van der Waals surface area (Å²) in [5.74, 6) is 0.149. The van der Waals surface area contributed by atoms with Gasteiger partial charge in [-0.05, 0) is 29.1 Å². The molecule has 3 aliphatic rings. The number of ether oxygens (including phenoxy) is 1. The highest BCUT2D eigenvalue weighted by molar-refractivity contribution is 7.12. The number of hydrogen-bond donors (Lipinski definition) is 1. The number of carbonyl (C=O) groups excluding carboxylic acids is 2. The average Bonchev–Trinajstić information content (AvgIpc) is 3.30. The molecular formula is C27H28ClN2O3S+. The molecule has 0 spiro atoms. The van der Waals surface area contributed by atoms with Crippen molar-refractivity contribution in [3.8, 4) is 0 Å². The van der Waals surface area contributed by atoms with Crippen LogP contribution >= 0.6 is 22.9 Å². The van der Waals surface area contributed by atoms with Crippen LogP contribution in [0.15, 0.2) is 72.1 Å². The van der Waals surface area contributed by atoms with Crippen LogP contribution in [0.25, 0.3) is 0 Å². The summed E-state index contributed by atoms with van der Waals surface area (Å²) in [6, 6.07) is 20.6. The molecule has 34 heavy (non-hydrogen) atoms. The third-order valence-electron chi connectivity index (χ3n) is 7.11. The molecule has 176 valence electrons. The molecule has 5 nitrogen and oxygen atoms in total. The average molecular weight is 496 g/mol. The first kappa shape index (κ1) is 23.1.